The number of hydrogen-bond acceptors (Lipinski definition) is 0. The second kappa shape index (κ2) is 13.5. The third-order valence-corrected chi connectivity index (χ3v) is 11.5. The average molecular weight is 497 g/mol. The van der Waals surface area contributed by atoms with Crippen LogP contribution in [0, 0.1) is 47.3 Å². The Morgan fingerprint density at radius 2 is 1.17 bits per heavy atom. The van der Waals surface area contributed by atoms with Crippen LogP contribution in [-0.2, 0) is 0 Å². The standard InChI is InChI=1S/C32H55F3/c1-3-5-6-26-17-18-28(21-30(26)33)24-12-9-23(10-13-24)11-16-27-19-20-29(32(35)31(27)34)25-14-7-22(4-2)8-15-25/h22-32H,3-21H2,1-2H3/t22?,23?,24?,25?,26?,27?,28?,29?,30?,31-,32?/m0/s1. The van der Waals surface area contributed by atoms with Gasteiger partial charge in [0.2, 0.25) is 0 Å². The van der Waals surface area contributed by atoms with E-state index in [0.29, 0.717) is 29.6 Å². The van der Waals surface area contributed by atoms with E-state index >= 15 is 8.78 Å². The topological polar surface area (TPSA) is 0 Å². The largest absolute Gasteiger partial charge is 0.247 e. The highest BCUT2D eigenvalue weighted by atomic mass is 19.2. The van der Waals surface area contributed by atoms with Crippen molar-refractivity contribution in [1.29, 1.82) is 0 Å². The van der Waals surface area contributed by atoms with Gasteiger partial charge in [-0.1, -0.05) is 65.2 Å². The molecular formula is C32H55F3. The summed E-state index contributed by atoms with van der Waals surface area (Å²) in [4.78, 5) is 0. The third-order valence-electron chi connectivity index (χ3n) is 11.5. The van der Waals surface area contributed by atoms with Gasteiger partial charge in [-0.3, -0.25) is 0 Å². The lowest BCUT2D eigenvalue weighted by atomic mass is 9.65. The first-order valence-electron chi connectivity index (χ1n) is 15.9. The van der Waals surface area contributed by atoms with Crippen molar-refractivity contribution in [2.45, 2.75) is 154 Å². The van der Waals surface area contributed by atoms with E-state index in [1.807, 2.05) is 0 Å². The van der Waals surface area contributed by atoms with Gasteiger partial charge in [0.1, 0.15) is 18.5 Å². The smallest absolute Gasteiger partial charge is 0.134 e. The second-order valence-electron chi connectivity index (χ2n) is 13.4. The molecule has 0 spiro atoms. The van der Waals surface area contributed by atoms with Gasteiger partial charge in [-0.05, 0) is 118 Å². The first-order valence-corrected chi connectivity index (χ1v) is 15.9. The Morgan fingerprint density at radius 3 is 1.83 bits per heavy atom. The molecule has 4 saturated carbocycles. The summed E-state index contributed by atoms with van der Waals surface area (Å²) >= 11 is 0. The highest BCUT2D eigenvalue weighted by molar-refractivity contribution is 4.93. The molecule has 4 aliphatic rings. The van der Waals surface area contributed by atoms with Crippen LogP contribution < -0.4 is 0 Å². The Labute approximate surface area is 215 Å². The lowest BCUT2D eigenvalue weighted by Crippen LogP contribution is -2.42. The van der Waals surface area contributed by atoms with E-state index in [1.54, 1.807) is 0 Å². The van der Waals surface area contributed by atoms with Crippen LogP contribution in [0.4, 0.5) is 13.2 Å². The summed E-state index contributed by atoms with van der Waals surface area (Å²) < 4.78 is 45.1. The van der Waals surface area contributed by atoms with Crippen molar-refractivity contribution in [1.82, 2.24) is 0 Å². The van der Waals surface area contributed by atoms with Crippen LogP contribution in [0.5, 0.6) is 0 Å². The Balaban J connectivity index is 1.15. The molecule has 7 atom stereocenters. The molecule has 0 N–H and O–H groups in total. The van der Waals surface area contributed by atoms with Crippen LogP contribution in [0.2, 0.25) is 0 Å². The molecule has 0 amide bonds. The van der Waals surface area contributed by atoms with Gasteiger partial charge in [0.15, 0.2) is 0 Å². The molecule has 0 aromatic heterocycles. The van der Waals surface area contributed by atoms with E-state index in [9.17, 15) is 4.39 Å². The minimum Gasteiger partial charge on any atom is -0.247 e. The van der Waals surface area contributed by atoms with E-state index in [1.165, 1.54) is 64.2 Å². The predicted molar refractivity (Wildman–Crippen MR) is 142 cm³/mol. The molecule has 4 rings (SSSR count). The summed E-state index contributed by atoms with van der Waals surface area (Å²) in [5.41, 5.74) is 0. The van der Waals surface area contributed by atoms with Crippen molar-refractivity contribution < 1.29 is 13.2 Å². The maximum absolute atomic E-state index is 15.2. The minimum absolute atomic E-state index is 0.0223. The van der Waals surface area contributed by atoms with Crippen molar-refractivity contribution in [3.63, 3.8) is 0 Å². The van der Waals surface area contributed by atoms with Crippen LogP contribution >= 0.6 is 0 Å². The van der Waals surface area contributed by atoms with Gasteiger partial charge >= 0.3 is 0 Å². The highest BCUT2D eigenvalue weighted by Gasteiger charge is 2.44. The van der Waals surface area contributed by atoms with Gasteiger partial charge in [0.05, 0.1) is 0 Å². The van der Waals surface area contributed by atoms with Gasteiger partial charge in [0, 0.05) is 0 Å². The second-order valence-corrected chi connectivity index (χ2v) is 13.4. The van der Waals surface area contributed by atoms with Crippen LogP contribution in [-0.4, -0.2) is 18.5 Å². The van der Waals surface area contributed by atoms with Gasteiger partial charge < -0.3 is 0 Å². The van der Waals surface area contributed by atoms with Crippen LogP contribution in [0.25, 0.3) is 0 Å². The Hall–Kier alpha value is -0.210. The van der Waals surface area contributed by atoms with Gasteiger partial charge in [-0.15, -0.1) is 0 Å². The molecular weight excluding hydrogens is 441 g/mol. The number of alkyl halides is 3. The predicted octanol–water partition coefficient (Wildman–Crippen LogP) is 10.4. The minimum atomic E-state index is -1.24. The average Bonchev–Trinajstić information content (AvgIpc) is 2.89. The molecule has 4 fully saturated rings. The zero-order chi connectivity index (χ0) is 24.8. The molecule has 0 saturated heterocycles. The van der Waals surface area contributed by atoms with E-state index in [2.05, 4.69) is 13.8 Å². The molecule has 0 radical (unpaired) electrons. The van der Waals surface area contributed by atoms with Gasteiger partial charge in [-0.2, -0.15) is 0 Å². The van der Waals surface area contributed by atoms with E-state index in [-0.39, 0.29) is 11.8 Å². The van der Waals surface area contributed by atoms with Crippen LogP contribution in [0.15, 0.2) is 0 Å². The molecule has 4 aliphatic carbocycles. The monoisotopic (exact) mass is 496 g/mol. The number of rotatable bonds is 9. The van der Waals surface area contributed by atoms with Crippen molar-refractivity contribution in [2.75, 3.05) is 0 Å². The first kappa shape index (κ1) is 27.8. The fourth-order valence-corrected chi connectivity index (χ4v) is 8.87. The van der Waals surface area contributed by atoms with Crippen molar-refractivity contribution in [2.24, 2.45) is 47.3 Å². The molecule has 0 aromatic carbocycles. The van der Waals surface area contributed by atoms with Crippen molar-refractivity contribution >= 4 is 0 Å². The maximum atomic E-state index is 15.2. The number of unbranched alkanes of at least 4 members (excludes halogenated alkanes) is 1. The molecule has 6 unspecified atom stereocenters. The number of hydrogen-bond donors (Lipinski definition) is 0. The van der Waals surface area contributed by atoms with Crippen molar-refractivity contribution in [3.05, 3.63) is 0 Å². The summed E-state index contributed by atoms with van der Waals surface area (Å²) in [6, 6.07) is 0. The molecule has 204 valence electrons. The maximum Gasteiger partial charge on any atom is 0.134 e. The Kier molecular flexibility index (Phi) is 10.8. The fourth-order valence-electron chi connectivity index (χ4n) is 8.87. The molecule has 35 heavy (non-hydrogen) atoms. The molecule has 0 heterocycles. The molecule has 0 aliphatic heterocycles. The molecule has 0 bridgehead atoms. The SMILES string of the molecule is CCCCC1CCC(C2CCC(CCC3CCC(C4CCC(CC)CC4)C(F)[C@H]3F)CC2)CC1F. The lowest BCUT2D eigenvalue weighted by molar-refractivity contribution is -0.0162. The van der Waals surface area contributed by atoms with Crippen LogP contribution in [0.1, 0.15) is 136 Å². The highest BCUT2D eigenvalue weighted by Crippen LogP contribution is 2.47. The normalized spacial score (nSPS) is 45.3. The Bertz CT molecular complexity index is 592. The zero-order valence-corrected chi connectivity index (χ0v) is 22.9. The van der Waals surface area contributed by atoms with Gasteiger partial charge in [-0.25, -0.2) is 13.2 Å². The molecule has 3 heteroatoms. The first-order chi connectivity index (χ1) is 17.0. The van der Waals surface area contributed by atoms with Gasteiger partial charge in [0.25, 0.3) is 0 Å². The van der Waals surface area contributed by atoms with E-state index < -0.39 is 18.5 Å². The quantitative estimate of drug-likeness (QED) is 0.298. The summed E-state index contributed by atoms with van der Waals surface area (Å²) in [6.07, 6.45) is 18.1. The summed E-state index contributed by atoms with van der Waals surface area (Å²) in [5.74, 6) is 3.46. The zero-order valence-electron chi connectivity index (χ0n) is 22.9. The molecule has 0 nitrogen and oxygen atoms in total. The summed E-state index contributed by atoms with van der Waals surface area (Å²) in [5, 5.41) is 0. The number of halogens is 3. The lowest BCUT2D eigenvalue weighted by Gasteiger charge is -2.42. The van der Waals surface area contributed by atoms with E-state index in [0.717, 1.165) is 63.7 Å². The molecule has 0 aromatic rings. The van der Waals surface area contributed by atoms with Crippen molar-refractivity contribution in [3.8, 4) is 0 Å². The third kappa shape index (κ3) is 7.22. The fraction of sp³-hybridized carbons (Fsp3) is 1.00. The Morgan fingerprint density at radius 1 is 0.543 bits per heavy atom. The summed E-state index contributed by atoms with van der Waals surface area (Å²) in [6.45, 7) is 4.46. The van der Waals surface area contributed by atoms with E-state index in [4.69, 9.17) is 0 Å². The summed E-state index contributed by atoms with van der Waals surface area (Å²) in [7, 11) is 0. The van der Waals surface area contributed by atoms with Crippen LogP contribution in [0.3, 0.4) is 0 Å².